The van der Waals surface area contributed by atoms with E-state index >= 15 is 0 Å². The van der Waals surface area contributed by atoms with Gasteiger partial charge < -0.3 is 10.5 Å². The van der Waals surface area contributed by atoms with E-state index in [1.165, 1.54) is 19.3 Å². The number of oxime groups is 1. The number of anilines is 1. The van der Waals surface area contributed by atoms with Crippen molar-refractivity contribution in [3.63, 3.8) is 0 Å². The summed E-state index contributed by atoms with van der Waals surface area (Å²) in [7, 11) is 0. The molecule has 4 nitrogen and oxygen atoms in total. The summed E-state index contributed by atoms with van der Waals surface area (Å²) >= 11 is 0. The van der Waals surface area contributed by atoms with Crippen LogP contribution in [-0.2, 0) is 4.79 Å². The van der Waals surface area contributed by atoms with E-state index in [0.717, 1.165) is 23.6 Å². The zero-order valence-corrected chi connectivity index (χ0v) is 11.7. The number of hydrogen-bond donors (Lipinski definition) is 2. The Bertz CT molecular complexity index is 553. The molecule has 2 N–H and O–H groups in total. The molecular weight excluding hydrogens is 252 g/mol. The van der Waals surface area contributed by atoms with E-state index in [2.05, 4.69) is 10.5 Å². The number of amides is 1. The summed E-state index contributed by atoms with van der Waals surface area (Å²) in [4.78, 5) is 12.4. The Morgan fingerprint density at radius 1 is 1.35 bits per heavy atom. The predicted molar refractivity (Wildman–Crippen MR) is 78.0 cm³/mol. The quantitative estimate of drug-likeness (QED) is 0.504. The summed E-state index contributed by atoms with van der Waals surface area (Å²) in [5.41, 5.74) is 2.14. The van der Waals surface area contributed by atoms with Crippen LogP contribution in [0.4, 0.5) is 5.69 Å². The van der Waals surface area contributed by atoms with Gasteiger partial charge in [0.15, 0.2) is 0 Å². The zero-order chi connectivity index (χ0) is 14.1. The highest BCUT2D eigenvalue weighted by Gasteiger charge is 2.42. The van der Waals surface area contributed by atoms with Crippen molar-refractivity contribution in [1.82, 2.24) is 0 Å². The van der Waals surface area contributed by atoms with Gasteiger partial charge in [-0.3, -0.25) is 4.79 Å². The van der Waals surface area contributed by atoms with Gasteiger partial charge in [-0.05, 0) is 50.2 Å². The molecule has 3 unspecified atom stereocenters. The molecule has 2 aliphatic carbocycles. The lowest BCUT2D eigenvalue weighted by Crippen LogP contribution is -2.27. The minimum absolute atomic E-state index is 0.146. The smallest absolute Gasteiger partial charge is 0.227 e. The Hall–Kier alpha value is -1.84. The van der Waals surface area contributed by atoms with E-state index in [1.807, 2.05) is 24.3 Å². The number of carbonyl (C=O) groups is 1. The summed E-state index contributed by atoms with van der Waals surface area (Å²) in [5, 5.41) is 15.0. The predicted octanol–water partition coefficient (Wildman–Crippen LogP) is 3.26. The summed E-state index contributed by atoms with van der Waals surface area (Å²) in [6.45, 7) is 1.73. The standard InChI is InChI=1S/C16H20N2O2/c1-10(18-20)12-3-2-4-14(9-12)17-16(19)15-8-11-5-6-13(15)7-11/h2-4,9,11,13,15,20H,5-8H2,1H3,(H,17,19). The first-order valence-electron chi connectivity index (χ1n) is 7.27. The van der Waals surface area contributed by atoms with Crippen molar-refractivity contribution in [2.45, 2.75) is 32.6 Å². The number of fused-ring (bicyclic) bond motifs is 2. The number of nitrogens with one attached hydrogen (secondary N) is 1. The third kappa shape index (κ3) is 2.42. The van der Waals surface area contributed by atoms with Gasteiger partial charge in [-0.1, -0.05) is 23.7 Å². The first-order chi connectivity index (χ1) is 9.67. The van der Waals surface area contributed by atoms with Crippen molar-refractivity contribution in [2.24, 2.45) is 22.9 Å². The number of benzene rings is 1. The second kappa shape index (κ2) is 5.27. The molecule has 2 fully saturated rings. The molecule has 1 amide bonds. The lowest BCUT2D eigenvalue weighted by atomic mass is 9.88. The largest absolute Gasteiger partial charge is 0.411 e. The molecule has 0 saturated heterocycles. The molecule has 0 aromatic heterocycles. The molecule has 3 atom stereocenters. The molecular formula is C16H20N2O2. The van der Waals surface area contributed by atoms with Gasteiger partial charge >= 0.3 is 0 Å². The van der Waals surface area contributed by atoms with Crippen LogP contribution in [0.25, 0.3) is 0 Å². The van der Waals surface area contributed by atoms with Crippen LogP contribution in [0.5, 0.6) is 0 Å². The second-order valence-electron chi connectivity index (χ2n) is 6.04. The van der Waals surface area contributed by atoms with Crippen molar-refractivity contribution in [3.05, 3.63) is 29.8 Å². The maximum Gasteiger partial charge on any atom is 0.227 e. The van der Waals surface area contributed by atoms with Gasteiger partial charge in [0, 0.05) is 17.2 Å². The van der Waals surface area contributed by atoms with Crippen LogP contribution in [0.3, 0.4) is 0 Å². The summed E-state index contributed by atoms with van der Waals surface area (Å²) < 4.78 is 0. The van der Waals surface area contributed by atoms with Gasteiger partial charge in [-0.25, -0.2) is 0 Å². The summed E-state index contributed by atoms with van der Waals surface area (Å²) in [5.74, 6) is 1.69. The molecule has 3 rings (SSSR count). The maximum atomic E-state index is 12.4. The van der Waals surface area contributed by atoms with E-state index in [0.29, 0.717) is 11.6 Å². The molecule has 2 aliphatic rings. The van der Waals surface area contributed by atoms with E-state index in [4.69, 9.17) is 5.21 Å². The fourth-order valence-corrected chi connectivity index (χ4v) is 3.68. The van der Waals surface area contributed by atoms with Crippen molar-refractivity contribution in [2.75, 3.05) is 5.32 Å². The third-order valence-electron chi connectivity index (χ3n) is 4.77. The van der Waals surface area contributed by atoms with Crippen LogP contribution in [-0.4, -0.2) is 16.8 Å². The number of hydrogen-bond acceptors (Lipinski definition) is 3. The van der Waals surface area contributed by atoms with Gasteiger partial charge in [0.2, 0.25) is 5.91 Å². The van der Waals surface area contributed by atoms with Gasteiger partial charge in [0.1, 0.15) is 0 Å². The summed E-state index contributed by atoms with van der Waals surface area (Å²) in [6.07, 6.45) is 4.79. The Balaban J connectivity index is 1.70. The van der Waals surface area contributed by atoms with Crippen LogP contribution in [0, 0.1) is 17.8 Å². The Morgan fingerprint density at radius 3 is 2.85 bits per heavy atom. The van der Waals surface area contributed by atoms with Crippen molar-refractivity contribution in [3.8, 4) is 0 Å². The first kappa shape index (κ1) is 13.2. The van der Waals surface area contributed by atoms with Crippen molar-refractivity contribution in [1.29, 1.82) is 0 Å². The van der Waals surface area contributed by atoms with E-state index in [1.54, 1.807) is 6.92 Å². The highest BCUT2D eigenvalue weighted by atomic mass is 16.4. The minimum Gasteiger partial charge on any atom is -0.411 e. The summed E-state index contributed by atoms with van der Waals surface area (Å²) in [6, 6.07) is 7.45. The van der Waals surface area contributed by atoms with Crippen molar-refractivity contribution < 1.29 is 10.0 Å². The molecule has 0 aliphatic heterocycles. The lowest BCUT2D eigenvalue weighted by Gasteiger charge is -2.20. The maximum absolute atomic E-state index is 12.4. The lowest BCUT2D eigenvalue weighted by molar-refractivity contribution is -0.121. The second-order valence-corrected chi connectivity index (χ2v) is 6.04. The molecule has 2 saturated carbocycles. The van der Waals surface area contributed by atoms with Crippen LogP contribution >= 0.6 is 0 Å². The average Bonchev–Trinajstić information content (AvgIpc) is 3.09. The van der Waals surface area contributed by atoms with Crippen LogP contribution in [0.1, 0.15) is 38.2 Å². The number of rotatable bonds is 3. The van der Waals surface area contributed by atoms with Gasteiger partial charge in [-0.2, -0.15) is 0 Å². The molecule has 106 valence electrons. The van der Waals surface area contributed by atoms with Gasteiger partial charge in [-0.15, -0.1) is 0 Å². The van der Waals surface area contributed by atoms with Crippen molar-refractivity contribution >= 4 is 17.3 Å². The minimum atomic E-state index is 0.146. The van der Waals surface area contributed by atoms with Gasteiger partial charge in [0.05, 0.1) is 5.71 Å². The molecule has 1 aromatic rings. The van der Waals surface area contributed by atoms with Crippen LogP contribution < -0.4 is 5.32 Å². The topological polar surface area (TPSA) is 61.7 Å². The van der Waals surface area contributed by atoms with Crippen LogP contribution in [0.15, 0.2) is 29.4 Å². The molecule has 0 spiro atoms. The first-order valence-corrected chi connectivity index (χ1v) is 7.27. The van der Waals surface area contributed by atoms with Gasteiger partial charge in [0.25, 0.3) is 0 Å². The normalized spacial score (nSPS) is 28.6. The molecule has 2 bridgehead atoms. The van der Waals surface area contributed by atoms with E-state index in [-0.39, 0.29) is 11.8 Å². The molecule has 0 heterocycles. The Kier molecular flexibility index (Phi) is 3.47. The Morgan fingerprint density at radius 2 is 2.20 bits per heavy atom. The molecule has 4 heteroatoms. The monoisotopic (exact) mass is 272 g/mol. The van der Waals surface area contributed by atoms with E-state index in [9.17, 15) is 4.79 Å². The number of nitrogens with zero attached hydrogens (tertiary/aromatic N) is 1. The third-order valence-corrected chi connectivity index (χ3v) is 4.77. The molecule has 0 radical (unpaired) electrons. The molecule has 20 heavy (non-hydrogen) atoms. The fraction of sp³-hybridized carbons (Fsp3) is 0.500. The fourth-order valence-electron chi connectivity index (χ4n) is 3.68. The van der Waals surface area contributed by atoms with Crippen LogP contribution in [0.2, 0.25) is 0 Å². The zero-order valence-electron chi connectivity index (χ0n) is 11.7. The molecule has 1 aromatic carbocycles. The highest BCUT2D eigenvalue weighted by molar-refractivity contribution is 6.00. The SMILES string of the molecule is CC(=NO)c1cccc(NC(=O)C2CC3CCC2C3)c1. The Labute approximate surface area is 118 Å². The average molecular weight is 272 g/mol. The van der Waals surface area contributed by atoms with E-state index < -0.39 is 0 Å². The number of carbonyl (C=O) groups excluding carboxylic acids is 1. The highest BCUT2D eigenvalue weighted by Crippen LogP contribution is 2.48.